The van der Waals surface area contributed by atoms with Crippen molar-refractivity contribution in [1.82, 2.24) is 0 Å². The summed E-state index contributed by atoms with van der Waals surface area (Å²) >= 11 is 0. The predicted octanol–water partition coefficient (Wildman–Crippen LogP) is 14.4. The molecule has 7 aromatic rings. The fraction of sp³-hybridized carbons (Fsp3) is 0.222. The minimum absolute atomic E-state index is 0.0187. The van der Waals surface area contributed by atoms with Crippen molar-refractivity contribution in [2.24, 2.45) is 0 Å². The SMILES string of the molecule is CC(C)(C)c1ccc2c(c1)C(c1ccccc1)(c1ccccc1)c1cc(C(C)(C)C)cc(N3c4ccccc4C(C)(C)c4cc(-c5ccccc5)ccc43)c1-2. The van der Waals surface area contributed by atoms with Gasteiger partial charge in [-0.2, -0.15) is 0 Å². The van der Waals surface area contributed by atoms with Gasteiger partial charge in [-0.15, -0.1) is 0 Å². The molecule has 0 unspecified atom stereocenters. The quantitative estimate of drug-likeness (QED) is 0.175. The van der Waals surface area contributed by atoms with Crippen LogP contribution in [0.15, 0.2) is 164 Å². The minimum Gasteiger partial charge on any atom is -0.309 e. The van der Waals surface area contributed by atoms with Gasteiger partial charge in [-0.05, 0) is 96.3 Å². The monoisotopic (exact) mass is 713 g/mol. The number of hydrogen-bond acceptors (Lipinski definition) is 1. The van der Waals surface area contributed by atoms with Crippen LogP contribution in [0.25, 0.3) is 22.3 Å². The van der Waals surface area contributed by atoms with Gasteiger partial charge in [-0.1, -0.05) is 195 Å². The molecule has 0 fully saturated rings. The number of fused-ring (bicyclic) bond motifs is 5. The van der Waals surface area contributed by atoms with Gasteiger partial charge in [0, 0.05) is 11.0 Å². The van der Waals surface area contributed by atoms with Crippen molar-refractivity contribution >= 4 is 17.1 Å². The van der Waals surface area contributed by atoms with Crippen molar-refractivity contribution < 1.29 is 0 Å². The van der Waals surface area contributed by atoms with E-state index in [-0.39, 0.29) is 16.2 Å². The van der Waals surface area contributed by atoms with Crippen LogP contribution in [0.3, 0.4) is 0 Å². The lowest BCUT2D eigenvalue weighted by atomic mass is 9.66. The second kappa shape index (κ2) is 12.4. The Morgan fingerprint density at radius 2 is 0.945 bits per heavy atom. The molecule has 0 atom stereocenters. The summed E-state index contributed by atoms with van der Waals surface area (Å²) in [7, 11) is 0. The van der Waals surface area contributed by atoms with E-state index >= 15 is 0 Å². The maximum atomic E-state index is 2.60. The average molecular weight is 714 g/mol. The van der Waals surface area contributed by atoms with E-state index in [0.29, 0.717) is 0 Å². The first kappa shape index (κ1) is 35.1. The first-order valence-electron chi connectivity index (χ1n) is 19.9. The van der Waals surface area contributed by atoms with Crippen LogP contribution in [0.5, 0.6) is 0 Å². The lowest BCUT2D eigenvalue weighted by Gasteiger charge is -2.43. The van der Waals surface area contributed by atoms with Crippen molar-refractivity contribution in [3.05, 3.63) is 208 Å². The topological polar surface area (TPSA) is 3.24 Å². The molecule has 0 N–H and O–H groups in total. The Balaban J connectivity index is 1.45. The molecule has 0 saturated carbocycles. The molecule has 55 heavy (non-hydrogen) atoms. The third-order valence-electron chi connectivity index (χ3n) is 12.4. The lowest BCUT2D eigenvalue weighted by Crippen LogP contribution is -2.32. The van der Waals surface area contributed by atoms with Crippen LogP contribution >= 0.6 is 0 Å². The molecule has 0 radical (unpaired) electrons. The fourth-order valence-electron chi connectivity index (χ4n) is 9.44. The molecule has 1 nitrogen and oxygen atoms in total. The van der Waals surface area contributed by atoms with Crippen molar-refractivity contribution in [1.29, 1.82) is 0 Å². The van der Waals surface area contributed by atoms with E-state index in [1.165, 1.54) is 83.8 Å². The summed E-state index contributed by atoms with van der Waals surface area (Å²) in [6, 6.07) is 62.0. The summed E-state index contributed by atoms with van der Waals surface area (Å²) in [6.07, 6.45) is 0. The van der Waals surface area contributed by atoms with E-state index < -0.39 is 5.41 Å². The Kier molecular flexibility index (Phi) is 7.93. The van der Waals surface area contributed by atoms with Gasteiger partial charge in [0.1, 0.15) is 0 Å². The van der Waals surface area contributed by atoms with Gasteiger partial charge in [-0.3, -0.25) is 0 Å². The summed E-state index contributed by atoms with van der Waals surface area (Å²) < 4.78 is 0. The molecule has 0 bridgehead atoms. The fourth-order valence-corrected chi connectivity index (χ4v) is 9.44. The molecule has 1 aliphatic heterocycles. The average Bonchev–Trinajstić information content (AvgIpc) is 3.49. The molecule has 0 spiro atoms. The van der Waals surface area contributed by atoms with Crippen LogP contribution in [0.4, 0.5) is 17.1 Å². The molecular weight excluding hydrogens is 663 g/mol. The Morgan fingerprint density at radius 1 is 0.400 bits per heavy atom. The van der Waals surface area contributed by atoms with Crippen molar-refractivity contribution in [3.8, 4) is 22.3 Å². The summed E-state index contributed by atoms with van der Waals surface area (Å²) in [5.41, 5.74) is 18.5. The Morgan fingerprint density at radius 3 is 1.56 bits per heavy atom. The van der Waals surface area contributed by atoms with E-state index in [1.54, 1.807) is 0 Å². The van der Waals surface area contributed by atoms with E-state index in [0.717, 1.165) is 0 Å². The van der Waals surface area contributed by atoms with Crippen LogP contribution < -0.4 is 4.90 Å². The molecular formula is C54H51N. The maximum Gasteiger partial charge on any atom is 0.0714 e. The maximum absolute atomic E-state index is 2.60. The van der Waals surface area contributed by atoms with E-state index in [2.05, 4.69) is 224 Å². The van der Waals surface area contributed by atoms with Gasteiger partial charge in [0.2, 0.25) is 0 Å². The predicted molar refractivity (Wildman–Crippen MR) is 233 cm³/mol. The number of hydrogen-bond donors (Lipinski definition) is 0. The van der Waals surface area contributed by atoms with Crippen LogP contribution in [-0.4, -0.2) is 0 Å². The number of para-hydroxylation sites is 1. The highest BCUT2D eigenvalue weighted by molar-refractivity contribution is 6.00. The van der Waals surface area contributed by atoms with Crippen molar-refractivity contribution in [3.63, 3.8) is 0 Å². The molecule has 1 heterocycles. The Hall–Kier alpha value is -5.66. The number of nitrogens with zero attached hydrogens (tertiary/aromatic N) is 1. The molecule has 0 saturated heterocycles. The normalized spacial score (nSPS) is 15.2. The van der Waals surface area contributed by atoms with E-state index in [4.69, 9.17) is 0 Å². The van der Waals surface area contributed by atoms with Crippen LogP contribution in [0, 0.1) is 0 Å². The van der Waals surface area contributed by atoms with Crippen LogP contribution in [0.2, 0.25) is 0 Å². The van der Waals surface area contributed by atoms with Gasteiger partial charge >= 0.3 is 0 Å². The van der Waals surface area contributed by atoms with Gasteiger partial charge in [0.25, 0.3) is 0 Å². The first-order chi connectivity index (χ1) is 26.3. The molecule has 272 valence electrons. The summed E-state index contributed by atoms with van der Waals surface area (Å²) in [4.78, 5) is 2.60. The highest BCUT2D eigenvalue weighted by atomic mass is 15.2. The molecule has 0 amide bonds. The van der Waals surface area contributed by atoms with Crippen LogP contribution in [0.1, 0.15) is 99.9 Å². The third-order valence-corrected chi connectivity index (χ3v) is 12.4. The van der Waals surface area contributed by atoms with Gasteiger partial charge < -0.3 is 4.90 Å². The van der Waals surface area contributed by atoms with Crippen molar-refractivity contribution in [2.75, 3.05) is 4.90 Å². The highest BCUT2D eigenvalue weighted by Gasteiger charge is 2.49. The summed E-state index contributed by atoms with van der Waals surface area (Å²) in [5.74, 6) is 0. The lowest BCUT2D eigenvalue weighted by molar-refractivity contribution is 0.586. The zero-order valence-corrected chi connectivity index (χ0v) is 33.5. The smallest absolute Gasteiger partial charge is 0.0714 e. The Labute approximate surface area is 328 Å². The molecule has 9 rings (SSSR count). The van der Waals surface area contributed by atoms with Gasteiger partial charge in [-0.25, -0.2) is 0 Å². The highest BCUT2D eigenvalue weighted by Crippen LogP contribution is 2.62. The number of benzene rings is 7. The second-order valence-corrected chi connectivity index (χ2v) is 18.2. The van der Waals surface area contributed by atoms with E-state index in [9.17, 15) is 0 Å². The zero-order valence-electron chi connectivity index (χ0n) is 33.5. The summed E-state index contributed by atoms with van der Waals surface area (Å²) in [6.45, 7) is 18.9. The second-order valence-electron chi connectivity index (χ2n) is 18.2. The van der Waals surface area contributed by atoms with Gasteiger partial charge in [0.05, 0.1) is 22.5 Å². The number of rotatable bonds is 4. The molecule has 1 aliphatic carbocycles. The van der Waals surface area contributed by atoms with Crippen molar-refractivity contribution in [2.45, 2.75) is 77.0 Å². The molecule has 1 heteroatoms. The minimum atomic E-state index is -0.529. The van der Waals surface area contributed by atoms with Gasteiger partial charge in [0.15, 0.2) is 0 Å². The summed E-state index contributed by atoms with van der Waals surface area (Å²) in [5, 5.41) is 0. The largest absolute Gasteiger partial charge is 0.309 e. The Bertz CT molecular complexity index is 2520. The zero-order chi connectivity index (χ0) is 38.3. The molecule has 0 aromatic heterocycles. The first-order valence-corrected chi connectivity index (χ1v) is 19.9. The standard InChI is InChI=1S/C54H51N/c1-51(2,3)40-29-30-42-44(33-40)54(38-22-14-10-15-23-38,39-24-16-11-17-25-39)46-34-41(52(4,5)6)35-49(50(42)46)55-47-27-19-18-26-43(47)53(7,8)45-32-37(28-31-48(45)55)36-20-12-9-13-21-36/h9-35H,1-8H3. The third kappa shape index (κ3) is 5.35. The molecule has 2 aliphatic rings. The van der Waals surface area contributed by atoms with E-state index in [1.807, 2.05) is 0 Å². The number of anilines is 3. The van der Waals surface area contributed by atoms with Crippen LogP contribution in [-0.2, 0) is 21.7 Å². The molecule has 7 aromatic carbocycles.